The van der Waals surface area contributed by atoms with Gasteiger partial charge in [0, 0.05) is 32.7 Å². The van der Waals surface area contributed by atoms with Crippen molar-refractivity contribution in [2.45, 2.75) is 63.1 Å². The number of hydrogen-bond acceptors (Lipinski definition) is 3. The van der Waals surface area contributed by atoms with E-state index in [1.165, 1.54) is 12.0 Å². The predicted octanol–water partition coefficient (Wildman–Crippen LogP) is 3.61. The molecule has 1 aliphatic heterocycles. The van der Waals surface area contributed by atoms with Gasteiger partial charge in [-0.15, -0.1) is 24.8 Å². The van der Waals surface area contributed by atoms with Crippen LogP contribution in [-0.2, 0) is 11.3 Å². The fraction of sp³-hybridized carbons (Fsp3) is 0.650. The third-order valence-corrected chi connectivity index (χ3v) is 5.85. The quantitative estimate of drug-likeness (QED) is 0.837. The third-order valence-electron chi connectivity index (χ3n) is 5.85. The molecule has 2 fully saturated rings. The number of rotatable bonds is 4. The first kappa shape index (κ1) is 23.2. The highest BCUT2D eigenvalue weighted by molar-refractivity contribution is 5.86. The van der Waals surface area contributed by atoms with Crippen molar-refractivity contribution in [1.82, 2.24) is 9.80 Å². The van der Waals surface area contributed by atoms with Crippen LogP contribution in [0, 0.1) is 0 Å². The minimum atomic E-state index is -0.603. The minimum Gasteiger partial charge on any atom is -0.341 e. The number of piperidine rings is 1. The summed E-state index contributed by atoms with van der Waals surface area (Å²) in [4.78, 5) is 17.3. The van der Waals surface area contributed by atoms with E-state index in [0.717, 1.165) is 58.2 Å². The Morgan fingerprint density at radius 3 is 2.27 bits per heavy atom. The van der Waals surface area contributed by atoms with Gasteiger partial charge in [-0.25, -0.2) is 0 Å². The largest absolute Gasteiger partial charge is 0.341 e. The van der Waals surface area contributed by atoms with Crippen LogP contribution in [0.25, 0.3) is 0 Å². The molecule has 3 rings (SSSR count). The Bertz CT molecular complexity index is 541. The van der Waals surface area contributed by atoms with Crippen LogP contribution in [-0.4, -0.2) is 47.4 Å². The standard InChI is InChI=1S/C20H31N3O.2ClH/c1-22(19(24)20(21)12-6-3-7-13-20)18-10-14-23(15-11-18)16-17-8-4-2-5-9-17;;/h2,4-5,8-9,18H,3,6-7,10-16,21H2,1H3;2*1H. The third kappa shape index (κ3) is 5.59. The van der Waals surface area contributed by atoms with Crippen molar-refractivity contribution in [3.8, 4) is 0 Å². The zero-order chi connectivity index (χ0) is 17.0. The average molecular weight is 402 g/mol. The highest BCUT2D eigenvalue weighted by Gasteiger charge is 2.39. The van der Waals surface area contributed by atoms with Gasteiger partial charge >= 0.3 is 0 Å². The number of carbonyl (C=O) groups excluding carboxylic acids is 1. The van der Waals surface area contributed by atoms with Crippen molar-refractivity contribution >= 4 is 30.7 Å². The fourth-order valence-corrected chi connectivity index (χ4v) is 4.22. The Balaban J connectivity index is 0.00000169. The summed E-state index contributed by atoms with van der Waals surface area (Å²) in [6.45, 7) is 3.11. The number of halogens is 2. The lowest BCUT2D eigenvalue weighted by Crippen LogP contribution is -2.58. The summed E-state index contributed by atoms with van der Waals surface area (Å²) in [5.74, 6) is 0.170. The zero-order valence-corrected chi connectivity index (χ0v) is 17.4. The molecule has 1 amide bonds. The summed E-state index contributed by atoms with van der Waals surface area (Å²) in [5, 5.41) is 0. The minimum absolute atomic E-state index is 0. The van der Waals surface area contributed by atoms with Crippen LogP contribution < -0.4 is 5.73 Å². The second-order valence-electron chi connectivity index (χ2n) is 7.63. The van der Waals surface area contributed by atoms with Gasteiger partial charge < -0.3 is 10.6 Å². The molecule has 1 heterocycles. The van der Waals surface area contributed by atoms with E-state index in [-0.39, 0.29) is 30.7 Å². The molecule has 0 radical (unpaired) electrons. The van der Waals surface area contributed by atoms with E-state index < -0.39 is 5.54 Å². The van der Waals surface area contributed by atoms with Gasteiger partial charge in [0.25, 0.3) is 0 Å². The maximum atomic E-state index is 12.9. The van der Waals surface area contributed by atoms with Gasteiger partial charge in [-0.2, -0.15) is 0 Å². The fourth-order valence-electron chi connectivity index (χ4n) is 4.22. The van der Waals surface area contributed by atoms with E-state index in [9.17, 15) is 4.79 Å². The van der Waals surface area contributed by atoms with Crippen molar-refractivity contribution in [1.29, 1.82) is 0 Å². The van der Waals surface area contributed by atoms with Crippen LogP contribution in [0.2, 0.25) is 0 Å². The van der Waals surface area contributed by atoms with Gasteiger partial charge in [-0.3, -0.25) is 9.69 Å². The molecule has 6 heteroatoms. The van der Waals surface area contributed by atoms with E-state index in [4.69, 9.17) is 5.73 Å². The molecule has 2 N–H and O–H groups in total. The first-order valence-electron chi connectivity index (χ1n) is 9.41. The van der Waals surface area contributed by atoms with Gasteiger partial charge in [0.05, 0.1) is 5.54 Å². The lowest BCUT2D eigenvalue weighted by Gasteiger charge is -2.41. The molecule has 0 bridgehead atoms. The highest BCUT2D eigenvalue weighted by atomic mass is 35.5. The summed E-state index contributed by atoms with van der Waals surface area (Å²) >= 11 is 0. The average Bonchev–Trinajstić information content (AvgIpc) is 2.63. The van der Waals surface area contributed by atoms with Gasteiger partial charge in [0.1, 0.15) is 0 Å². The number of carbonyl (C=O) groups is 1. The predicted molar refractivity (Wildman–Crippen MR) is 112 cm³/mol. The van der Waals surface area contributed by atoms with Crippen molar-refractivity contribution in [2.75, 3.05) is 20.1 Å². The van der Waals surface area contributed by atoms with Crippen molar-refractivity contribution in [3.63, 3.8) is 0 Å². The normalized spacial score (nSPS) is 20.5. The summed E-state index contributed by atoms with van der Waals surface area (Å²) in [7, 11) is 1.96. The number of hydrogen-bond donors (Lipinski definition) is 1. The molecule has 0 spiro atoms. The van der Waals surface area contributed by atoms with E-state index in [2.05, 4.69) is 35.2 Å². The summed E-state index contributed by atoms with van der Waals surface area (Å²) in [5.41, 5.74) is 7.20. The Morgan fingerprint density at radius 1 is 1.12 bits per heavy atom. The molecule has 26 heavy (non-hydrogen) atoms. The number of amides is 1. The first-order chi connectivity index (χ1) is 11.6. The SMILES string of the molecule is CN(C(=O)C1(N)CCCCC1)C1CCN(Cc2ccccc2)CC1.Cl.Cl. The molecule has 0 unspecified atom stereocenters. The molecule has 4 nitrogen and oxygen atoms in total. The van der Waals surface area contributed by atoms with Gasteiger partial charge in [0.15, 0.2) is 0 Å². The van der Waals surface area contributed by atoms with Crippen molar-refractivity contribution < 1.29 is 4.79 Å². The number of nitrogens with two attached hydrogens (primary N) is 1. The molecule has 0 atom stereocenters. The molecular weight excluding hydrogens is 369 g/mol. The van der Waals surface area contributed by atoms with Crippen LogP contribution in [0.4, 0.5) is 0 Å². The molecule has 1 aliphatic carbocycles. The number of nitrogens with zero attached hydrogens (tertiary/aromatic N) is 2. The molecule has 148 valence electrons. The van der Waals surface area contributed by atoms with Crippen LogP contribution in [0.15, 0.2) is 30.3 Å². The summed E-state index contributed by atoms with van der Waals surface area (Å²) in [6.07, 6.45) is 7.19. The highest BCUT2D eigenvalue weighted by Crippen LogP contribution is 2.29. The second-order valence-corrected chi connectivity index (χ2v) is 7.63. The maximum absolute atomic E-state index is 12.9. The summed E-state index contributed by atoms with van der Waals surface area (Å²) < 4.78 is 0. The van der Waals surface area contributed by atoms with E-state index in [0.29, 0.717) is 6.04 Å². The second kappa shape index (κ2) is 10.5. The molecule has 1 aromatic rings. The Kier molecular flexibility index (Phi) is 9.39. The van der Waals surface area contributed by atoms with Crippen LogP contribution in [0.1, 0.15) is 50.5 Å². The molecule has 1 saturated heterocycles. The van der Waals surface area contributed by atoms with Crippen molar-refractivity contribution in [2.24, 2.45) is 5.73 Å². The van der Waals surface area contributed by atoms with E-state index in [1.807, 2.05) is 11.9 Å². The topological polar surface area (TPSA) is 49.6 Å². The molecular formula is C20H33Cl2N3O. The molecule has 1 aromatic carbocycles. The smallest absolute Gasteiger partial charge is 0.242 e. The van der Waals surface area contributed by atoms with Gasteiger partial charge in [-0.1, -0.05) is 49.6 Å². The Morgan fingerprint density at radius 2 is 1.69 bits per heavy atom. The van der Waals surface area contributed by atoms with E-state index in [1.54, 1.807) is 0 Å². The van der Waals surface area contributed by atoms with Crippen LogP contribution >= 0.6 is 24.8 Å². The lowest BCUT2D eigenvalue weighted by atomic mass is 9.81. The van der Waals surface area contributed by atoms with E-state index >= 15 is 0 Å². The zero-order valence-electron chi connectivity index (χ0n) is 15.7. The van der Waals surface area contributed by atoms with Gasteiger partial charge in [0.2, 0.25) is 5.91 Å². The lowest BCUT2D eigenvalue weighted by molar-refractivity contribution is -0.140. The number of benzene rings is 1. The van der Waals surface area contributed by atoms with Gasteiger partial charge in [-0.05, 0) is 31.2 Å². The molecule has 1 saturated carbocycles. The Labute approximate surface area is 170 Å². The summed E-state index contributed by atoms with van der Waals surface area (Å²) in [6, 6.07) is 11.0. The molecule has 0 aromatic heterocycles. The van der Waals surface area contributed by atoms with Crippen molar-refractivity contribution in [3.05, 3.63) is 35.9 Å². The number of likely N-dealkylation sites (N-methyl/N-ethyl adjacent to an activating group) is 1. The maximum Gasteiger partial charge on any atom is 0.242 e. The van der Waals surface area contributed by atoms with Crippen LogP contribution in [0.3, 0.4) is 0 Å². The monoisotopic (exact) mass is 401 g/mol. The first-order valence-corrected chi connectivity index (χ1v) is 9.41. The molecule has 2 aliphatic rings. The Hall–Kier alpha value is -0.810. The van der Waals surface area contributed by atoms with Crippen LogP contribution in [0.5, 0.6) is 0 Å². The number of likely N-dealkylation sites (tertiary alicyclic amines) is 1.